The van der Waals surface area contributed by atoms with Crippen LogP contribution in [0.25, 0.3) is 0 Å². The topological polar surface area (TPSA) is 78.5 Å². The number of benzene rings is 2. The van der Waals surface area contributed by atoms with Crippen LogP contribution in [0.4, 0.5) is 11.4 Å². The van der Waals surface area contributed by atoms with Crippen LogP contribution in [-0.4, -0.2) is 35.2 Å². The molecule has 3 aromatic rings. The number of thiophene rings is 1. The molecule has 30 heavy (non-hydrogen) atoms. The van der Waals surface area contributed by atoms with Crippen molar-refractivity contribution in [3.05, 3.63) is 82.6 Å². The maximum atomic E-state index is 12.9. The second-order valence-electron chi connectivity index (χ2n) is 7.02. The minimum absolute atomic E-state index is 0.105. The highest BCUT2D eigenvalue weighted by molar-refractivity contribution is 7.12. The van der Waals surface area contributed by atoms with Crippen molar-refractivity contribution in [2.24, 2.45) is 0 Å². The van der Waals surface area contributed by atoms with Gasteiger partial charge in [-0.25, -0.2) is 0 Å². The summed E-state index contributed by atoms with van der Waals surface area (Å²) in [7, 11) is 0. The molecule has 4 rings (SSSR count). The Balaban J connectivity index is 1.42. The highest BCUT2D eigenvalue weighted by Crippen LogP contribution is 2.24. The fourth-order valence-electron chi connectivity index (χ4n) is 3.52. The van der Waals surface area contributed by atoms with Gasteiger partial charge >= 0.3 is 0 Å². The van der Waals surface area contributed by atoms with E-state index in [4.69, 9.17) is 0 Å². The fourth-order valence-corrected chi connectivity index (χ4v) is 4.20. The van der Waals surface area contributed by atoms with E-state index < -0.39 is 6.04 Å². The third kappa shape index (κ3) is 4.41. The van der Waals surface area contributed by atoms with Crippen molar-refractivity contribution in [1.82, 2.24) is 4.90 Å². The van der Waals surface area contributed by atoms with Gasteiger partial charge in [0.1, 0.15) is 6.04 Å². The first-order valence-electron chi connectivity index (χ1n) is 9.73. The molecule has 1 aliphatic rings. The number of rotatable bonds is 5. The SMILES string of the molecule is O=C(Nc1cccc(NC(=O)[C@@H]2CCCN2C(=O)c2cccs2)c1)c1ccccc1. The van der Waals surface area contributed by atoms with Gasteiger partial charge in [0.25, 0.3) is 11.8 Å². The second-order valence-corrected chi connectivity index (χ2v) is 7.97. The Kier molecular flexibility index (Phi) is 5.90. The van der Waals surface area contributed by atoms with Gasteiger partial charge in [-0.1, -0.05) is 30.3 Å². The minimum Gasteiger partial charge on any atom is -0.326 e. The average Bonchev–Trinajstić information content (AvgIpc) is 3.46. The molecule has 2 aromatic carbocycles. The molecule has 3 amide bonds. The van der Waals surface area contributed by atoms with Crippen molar-refractivity contribution in [2.45, 2.75) is 18.9 Å². The number of nitrogens with one attached hydrogen (secondary N) is 2. The van der Waals surface area contributed by atoms with E-state index >= 15 is 0 Å². The first-order valence-corrected chi connectivity index (χ1v) is 10.6. The van der Waals surface area contributed by atoms with E-state index in [0.29, 0.717) is 34.8 Å². The number of hydrogen-bond donors (Lipinski definition) is 2. The Morgan fingerprint density at radius 2 is 1.67 bits per heavy atom. The summed E-state index contributed by atoms with van der Waals surface area (Å²) in [6.45, 7) is 0.571. The lowest BCUT2D eigenvalue weighted by molar-refractivity contribution is -0.119. The van der Waals surface area contributed by atoms with Crippen LogP contribution >= 0.6 is 11.3 Å². The largest absolute Gasteiger partial charge is 0.326 e. The monoisotopic (exact) mass is 419 g/mol. The van der Waals surface area contributed by atoms with Gasteiger partial charge in [-0.2, -0.15) is 0 Å². The molecule has 0 bridgehead atoms. The van der Waals surface area contributed by atoms with E-state index in [2.05, 4.69) is 10.6 Å². The van der Waals surface area contributed by atoms with Crippen LogP contribution < -0.4 is 10.6 Å². The molecule has 7 heteroatoms. The summed E-state index contributed by atoms with van der Waals surface area (Å²) in [6.07, 6.45) is 1.43. The highest BCUT2D eigenvalue weighted by Gasteiger charge is 2.34. The third-order valence-electron chi connectivity index (χ3n) is 4.97. The lowest BCUT2D eigenvalue weighted by Crippen LogP contribution is -2.42. The molecule has 1 aromatic heterocycles. The summed E-state index contributed by atoms with van der Waals surface area (Å²) in [4.78, 5) is 40.2. The van der Waals surface area contributed by atoms with Crippen molar-refractivity contribution in [3.63, 3.8) is 0 Å². The molecule has 1 aliphatic heterocycles. The molecule has 0 unspecified atom stereocenters. The molecule has 6 nitrogen and oxygen atoms in total. The molecule has 0 saturated carbocycles. The smallest absolute Gasteiger partial charge is 0.264 e. The van der Waals surface area contributed by atoms with E-state index in [-0.39, 0.29) is 17.7 Å². The van der Waals surface area contributed by atoms with Crippen LogP contribution in [-0.2, 0) is 4.79 Å². The predicted octanol–water partition coefficient (Wildman–Crippen LogP) is 4.24. The van der Waals surface area contributed by atoms with Crippen molar-refractivity contribution in [3.8, 4) is 0 Å². The number of anilines is 2. The second kappa shape index (κ2) is 8.92. The Hall–Kier alpha value is -3.45. The van der Waals surface area contributed by atoms with Gasteiger partial charge in [-0.15, -0.1) is 11.3 Å². The van der Waals surface area contributed by atoms with E-state index in [9.17, 15) is 14.4 Å². The Morgan fingerprint density at radius 1 is 0.900 bits per heavy atom. The zero-order chi connectivity index (χ0) is 20.9. The van der Waals surface area contributed by atoms with E-state index in [1.165, 1.54) is 11.3 Å². The number of carbonyl (C=O) groups is 3. The van der Waals surface area contributed by atoms with E-state index in [1.807, 2.05) is 17.5 Å². The third-order valence-corrected chi connectivity index (χ3v) is 5.83. The number of likely N-dealkylation sites (tertiary alicyclic amines) is 1. The number of nitrogens with zero attached hydrogens (tertiary/aromatic N) is 1. The van der Waals surface area contributed by atoms with Crippen LogP contribution in [0.15, 0.2) is 72.1 Å². The predicted molar refractivity (Wildman–Crippen MR) is 118 cm³/mol. The molecule has 152 valence electrons. The summed E-state index contributed by atoms with van der Waals surface area (Å²) < 4.78 is 0. The molecular weight excluding hydrogens is 398 g/mol. The van der Waals surface area contributed by atoms with E-state index in [1.54, 1.807) is 59.5 Å². The Morgan fingerprint density at radius 3 is 2.40 bits per heavy atom. The van der Waals surface area contributed by atoms with Crippen LogP contribution in [0.5, 0.6) is 0 Å². The molecule has 0 spiro atoms. The van der Waals surface area contributed by atoms with Gasteiger partial charge in [0.2, 0.25) is 5.91 Å². The zero-order valence-electron chi connectivity index (χ0n) is 16.2. The van der Waals surface area contributed by atoms with Crippen molar-refractivity contribution < 1.29 is 14.4 Å². The molecule has 1 atom stereocenters. The Labute approximate surface area is 178 Å². The summed E-state index contributed by atoms with van der Waals surface area (Å²) in [5, 5.41) is 7.58. The molecule has 1 saturated heterocycles. The molecular formula is C23H21N3O3S. The van der Waals surface area contributed by atoms with Gasteiger partial charge in [0.15, 0.2) is 0 Å². The maximum Gasteiger partial charge on any atom is 0.264 e. The average molecular weight is 420 g/mol. The standard InChI is InChI=1S/C23H21N3O3S/c27-21(16-7-2-1-3-8-16)24-17-9-4-10-18(15-17)25-22(28)19-11-5-13-26(19)23(29)20-12-6-14-30-20/h1-4,6-10,12,14-15,19H,5,11,13H2,(H,24,27)(H,25,28)/t19-/m0/s1. The summed E-state index contributed by atoms with van der Waals surface area (Å²) in [5.74, 6) is -0.543. The summed E-state index contributed by atoms with van der Waals surface area (Å²) in [5.41, 5.74) is 1.71. The number of amides is 3. The number of carbonyl (C=O) groups excluding carboxylic acids is 3. The van der Waals surface area contributed by atoms with Gasteiger partial charge in [0, 0.05) is 23.5 Å². The normalized spacial score (nSPS) is 15.6. The lowest BCUT2D eigenvalue weighted by atomic mass is 10.2. The van der Waals surface area contributed by atoms with Gasteiger partial charge < -0.3 is 15.5 Å². The van der Waals surface area contributed by atoms with E-state index in [0.717, 1.165) is 6.42 Å². The molecule has 1 fully saturated rings. The van der Waals surface area contributed by atoms with Crippen LogP contribution in [0, 0.1) is 0 Å². The van der Waals surface area contributed by atoms with Gasteiger partial charge in [-0.3, -0.25) is 14.4 Å². The quantitative estimate of drug-likeness (QED) is 0.649. The van der Waals surface area contributed by atoms with Crippen molar-refractivity contribution in [1.29, 1.82) is 0 Å². The molecule has 2 N–H and O–H groups in total. The van der Waals surface area contributed by atoms with Crippen molar-refractivity contribution >= 4 is 40.4 Å². The first kappa shape index (κ1) is 19.8. The van der Waals surface area contributed by atoms with Crippen LogP contribution in [0.3, 0.4) is 0 Å². The van der Waals surface area contributed by atoms with Crippen molar-refractivity contribution in [2.75, 3.05) is 17.2 Å². The summed E-state index contributed by atoms with van der Waals surface area (Å²) in [6, 6.07) is 19.0. The zero-order valence-corrected chi connectivity index (χ0v) is 17.0. The highest BCUT2D eigenvalue weighted by atomic mass is 32.1. The Bertz CT molecular complexity index is 1050. The fraction of sp³-hybridized carbons (Fsp3) is 0.174. The molecule has 2 heterocycles. The minimum atomic E-state index is -0.498. The summed E-state index contributed by atoms with van der Waals surface area (Å²) >= 11 is 1.38. The maximum absolute atomic E-state index is 12.9. The lowest BCUT2D eigenvalue weighted by Gasteiger charge is -2.23. The van der Waals surface area contributed by atoms with Gasteiger partial charge in [-0.05, 0) is 54.6 Å². The van der Waals surface area contributed by atoms with Gasteiger partial charge in [0.05, 0.1) is 4.88 Å². The molecule has 0 radical (unpaired) electrons. The first-order chi connectivity index (χ1) is 14.6. The van der Waals surface area contributed by atoms with Crippen LogP contribution in [0.2, 0.25) is 0 Å². The number of hydrogen-bond acceptors (Lipinski definition) is 4. The molecule has 0 aliphatic carbocycles. The van der Waals surface area contributed by atoms with Crippen LogP contribution in [0.1, 0.15) is 32.9 Å².